The zero-order valence-electron chi connectivity index (χ0n) is 29.0. The van der Waals surface area contributed by atoms with Gasteiger partial charge in [0.05, 0.1) is 28.7 Å². The molecule has 1 fully saturated rings. The van der Waals surface area contributed by atoms with Gasteiger partial charge in [-0.05, 0) is 117 Å². The van der Waals surface area contributed by atoms with Gasteiger partial charge in [0.15, 0.2) is 18.9 Å². The lowest BCUT2D eigenvalue weighted by Gasteiger charge is -2.42. The van der Waals surface area contributed by atoms with Crippen LogP contribution in [0.2, 0.25) is 0 Å². The summed E-state index contributed by atoms with van der Waals surface area (Å²) in [5, 5.41) is 29.8. The molecule has 5 N–H and O–H groups in total. The van der Waals surface area contributed by atoms with Crippen LogP contribution in [0.25, 0.3) is 38.9 Å². The molecular weight excluding hydrogens is 632 g/mol. The monoisotopic (exact) mass is 676 g/mol. The van der Waals surface area contributed by atoms with Gasteiger partial charge in [0, 0.05) is 46.6 Å². The Morgan fingerprint density at radius 3 is 2.30 bits per heavy atom. The number of aromatic nitrogens is 4. The Morgan fingerprint density at radius 2 is 1.62 bits per heavy atom. The number of allylic oxidation sites excluding steroid dienone is 8. The van der Waals surface area contributed by atoms with Crippen LogP contribution in [0.4, 0.5) is 0 Å². The lowest BCUT2D eigenvalue weighted by Crippen LogP contribution is -2.47. The maximum absolute atomic E-state index is 13.7. The molecule has 1 aliphatic carbocycles. The van der Waals surface area contributed by atoms with Crippen LogP contribution in [-0.4, -0.2) is 73.9 Å². The number of ether oxygens (including phenoxy) is 2. The third kappa shape index (κ3) is 5.43. The highest BCUT2D eigenvalue weighted by Crippen LogP contribution is 2.53. The number of fused-ring (bicyclic) bond motifs is 11. The molecule has 10 heteroatoms. The van der Waals surface area contributed by atoms with E-state index in [2.05, 4.69) is 35.6 Å². The maximum atomic E-state index is 13.7. The van der Waals surface area contributed by atoms with Gasteiger partial charge < -0.3 is 34.8 Å². The van der Waals surface area contributed by atoms with Gasteiger partial charge in [-0.25, -0.2) is 9.97 Å². The fourth-order valence-corrected chi connectivity index (χ4v) is 8.03. The van der Waals surface area contributed by atoms with Crippen LogP contribution in [0.15, 0.2) is 54.6 Å². The molecule has 2 atom stereocenters. The number of aliphatic hydroxyl groups is 3. The van der Waals surface area contributed by atoms with Crippen LogP contribution in [0.1, 0.15) is 85.3 Å². The van der Waals surface area contributed by atoms with E-state index in [-0.39, 0.29) is 25.8 Å². The first-order valence-corrected chi connectivity index (χ1v) is 17.2. The van der Waals surface area contributed by atoms with Gasteiger partial charge in [-0.2, -0.15) is 0 Å². The molecule has 0 unspecified atom stereocenters. The molecule has 0 aromatic carbocycles. The third-order valence-corrected chi connectivity index (χ3v) is 10.9. The van der Waals surface area contributed by atoms with E-state index in [0.29, 0.717) is 31.3 Å². The minimum Gasteiger partial charge on any atom is -0.396 e. The summed E-state index contributed by atoms with van der Waals surface area (Å²) in [7, 11) is 0. The van der Waals surface area contributed by atoms with E-state index < -0.39 is 24.2 Å². The van der Waals surface area contributed by atoms with Crippen molar-refractivity contribution in [1.29, 1.82) is 0 Å². The van der Waals surface area contributed by atoms with Crippen molar-refractivity contribution in [3.05, 3.63) is 99.9 Å². The number of H-pyrrole nitrogens is 2. The van der Waals surface area contributed by atoms with Gasteiger partial charge in [0.1, 0.15) is 6.61 Å². The number of Topliss-reactive ketones (excluding diaryl/α,β-unsaturated/α-hetero) is 1. The Labute approximate surface area is 291 Å². The van der Waals surface area contributed by atoms with Gasteiger partial charge in [-0.1, -0.05) is 24.8 Å². The van der Waals surface area contributed by atoms with Crippen LogP contribution in [0.5, 0.6) is 0 Å². The molecule has 1 saturated heterocycles. The predicted molar refractivity (Wildman–Crippen MR) is 194 cm³/mol. The largest absolute Gasteiger partial charge is 0.396 e. The SMILES string of the molecule is C=CC1=C(C)c2cc3[nH]c(cc4nc(cc5[nH]c(cc1n2)c(C)c5CCCO)C(CCCO)=C4C)[C@]1(C)C3=CC=C(C2OCO2)[C@@H]1C(=O)CO. The smallest absolute Gasteiger partial charge is 0.186 e. The molecule has 2 aromatic rings. The maximum Gasteiger partial charge on any atom is 0.186 e. The zero-order valence-corrected chi connectivity index (χ0v) is 29.0. The first-order valence-electron chi connectivity index (χ1n) is 17.2. The van der Waals surface area contributed by atoms with Crippen molar-refractivity contribution in [3.8, 4) is 0 Å². The van der Waals surface area contributed by atoms with Crippen LogP contribution >= 0.6 is 0 Å². The lowest BCUT2D eigenvalue weighted by atomic mass is 9.62. The van der Waals surface area contributed by atoms with Gasteiger partial charge in [-0.15, -0.1) is 0 Å². The van der Waals surface area contributed by atoms with Crippen LogP contribution in [0.3, 0.4) is 0 Å². The summed E-state index contributed by atoms with van der Waals surface area (Å²) in [5.74, 6) is -1.11. The van der Waals surface area contributed by atoms with Crippen molar-refractivity contribution in [3.63, 3.8) is 0 Å². The molecule has 5 aliphatic rings. The summed E-state index contributed by atoms with van der Waals surface area (Å²) < 4.78 is 11.4. The highest BCUT2D eigenvalue weighted by atomic mass is 16.8. The Hall–Kier alpha value is -4.45. The average Bonchev–Trinajstić information content (AvgIpc) is 3.73. The standard InChI is InChI=1S/C40H44N4O6/c1-6-24-21(2)30-16-35-28-12-11-27(39-49-20-50-39)38(36(48)19-47)40(28,5)37(44-35)18-31-23(4)26(10-8-14-46)34(43-31)17-33-25(9-7-13-45)22(3)29(42-33)15-32(24)41-30/h6,11-12,15-18,38-39,42,44-47H,1,7-10,13-14,19-20H2,2-5H3/t38-,40+/m1/s1. The van der Waals surface area contributed by atoms with Crippen molar-refractivity contribution in [2.75, 3.05) is 26.6 Å². The quantitative estimate of drug-likeness (QED) is 0.209. The van der Waals surface area contributed by atoms with Crippen molar-refractivity contribution in [1.82, 2.24) is 19.9 Å². The number of carbonyl (C=O) groups is 1. The zero-order chi connectivity index (χ0) is 35.3. The van der Waals surface area contributed by atoms with E-state index in [1.807, 2.05) is 51.1 Å². The second-order valence-corrected chi connectivity index (χ2v) is 13.6. The van der Waals surface area contributed by atoms with Gasteiger partial charge >= 0.3 is 0 Å². The van der Waals surface area contributed by atoms with Gasteiger partial charge in [0.2, 0.25) is 0 Å². The van der Waals surface area contributed by atoms with Crippen molar-refractivity contribution in [2.24, 2.45) is 5.92 Å². The fraction of sp³-hybridized carbons (Fsp3) is 0.375. The first kappa shape index (κ1) is 34.0. The number of ketones is 1. The van der Waals surface area contributed by atoms with E-state index in [9.17, 15) is 20.1 Å². The molecule has 0 spiro atoms. The topological polar surface area (TPSA) is 154 Å². The lowest BCUT2D eigenvalue weighted by molar-refractivity contribution is -0.304. The molecule has 0 radical (unpaired) electrons. The number of aliphatic hydroxyl groups excluding tert-OH is 3. The van der Waals surface area contributed by atoms with E-state index >= 15 is 0 Å². The number of nitrogens with one attached hydrogen (secondary N) is 2. The van der Waals surface area contributed by atoms with Crippen LogP contribution < -0.4 is 0 Å². The van der Waals surface area contributed by atoms with E-state index in [4.69, 9.17) is 19.4 Å². The van der Waals surface area contributed by atoms with Gasteiger partial charge in [0.25, 0.3) is 0 Å². The van der Waals surface area contributed by atoms with E-state index in [1.165, 1.54) is 0 Å². The third-order valence-electron chi connectivity index (χ3n) is 10.9. The van der Waals surface area contributed by atoms with E-state index in [1.54, 1.807) is 0 Å². The molecule has 0 amide bonds. The molecule has 2 aromatic heterocycles. The molecule has 50 heavy (non-hydrogen) atoms. The molecule has 6 heterocycles. The predicted octanol–water partition coefficient (Wildman–Crippen LogP) is 5.88. The Kier molecular flexibility index (Phi) is 9.08. The number of nitrogens with zero attached hydrogens (tertiary/aromatic N) is 2. The Bertz CT molecular complexity index is 2110. The first-order chi connectivity index (χ1) is 24.1. The Morgan fingerprint density at radius 1 is 0.920 bits per heavy atom. The van der Waals surface area contributed by atoms with Crippen molar-refractivity contribution < 1.29 is 29.6 Å². The Balaban J connectivity index is 1.59. The normalized spacial score (nSPS) is 21.1. The second-order valence-electron chi connectivity index (χ2n) is 13.6. The molecule has 10 nitrogen and oxygen atoms in total. The number of carbonyl (C=O) groups excluding carboxylic acids is 1. The number of rotatable bonds is 10. The van der Waals surface area contributed by atoms with Gasteiger partial charge in [-0.3, -0.25) is 4.79 Å². The summed E-state index contributed by atoms with van der Waals surface area (Å²) >= 11 is 0. The fourth-order valence-electron chi connectivity index (χ4n) is 8.03. The number of hydrogen-bond acceptors (Lipinski definition) is 8. The van der Waals surface area contributed by atoms with Crippen LogP contribution in [-0.2, 0) is 26.1 Å². The summed E-state index contributed by atoms with van der Waals surface area (Å²) in [6, 6.07) is 8.15. The molecule has 260 valence electrons. The summed E-state index contributed by atoms with van der Waals surface area (Å²) in [4.78, 5) is 31.3. The molecule has 7 rings (SSSR count). The number of hydrogen-bond donors (Lipinski definition) is 5. The highest BCUT2D eigenvalue weighted by molar-refractivity contribution is 5.98. The van der Waals surface area contributed by atoms with E-state index in [0.717, 1.165) is 84.2 Å². The van der Waals surface area contributed by atoms with Crippen LogP contribution in [0, 0.1) is 12.8 Å². The minimum absolute atomic E-state index is 0.0514. The number of aromatic amines is 2. The highest BCUT2D eigenvalue weighted by Gasteiger charge is 2.52. The molecule has 8 bridgehead atoms. The summed E-state index contributed by atoms with van der Waals surface area (Å²) in [5.41, 5.74) is 13.2. The number of aryl methyl sites for hydroxylation is 2. The molecule has 0 saturated carbocycles. The molecule has 4 aliphatic heterocycles. The van der Waals surface area contributed by atoms with Crippen molar-refractivity contribution in [2.45, 2.75) is 65.1 Å². The second kappa shape index (κ2) is 13.4. The van der Waals surface area contributed by atoms with Crippen molar-refractivity contribution >= 4 is 44.7 Å². The summed E-state index contributed by atoms with van der Waals surface area (Å²) in [6.45, 7) is 11.9. The summed E-state index contributed by atoms with van der Waals surface area (Å²) in [6.07, 6.45) is 7.55. The molecular formula is C40H44N4O6. The average molecular weight is 677 g/mol. The minimum atomic E-state index is -0.925.